The van der Waals surface area contributed by atoms with E-state index in [0.29, 0.717) is 18.0 Å². The average molecular weight is 336 g/mol. The van der Waals surface area contributed by atoms with Crippen LogP contribution >= 0.6 is 0 Å². The summed E-state index contributed by atoms with van der Waals surface area (Å²) in [5.41, 5.74) is 0.216. The SMILES string of the molecule is CCCOc1ccc(NS(=O)(=O)c2ccc([N+](=O)[O-])cc2)cc1. The Bertz CT molecular complexity index is 771. The van der Waals surface area contributed by atoms with E-state index in [-0.39, 0.29) is 10.6 Å². The van der Waals surface area contributed by atoms with Crippen LogP contribution in [-0.4, -0.2) is 19.9 Å². The second kappa shape index (κ2) is 7.10. The monoisotopic (exact) mass is 336 g/mol. The van der Waals surface area contributed by atoms with E-state index in [9.17, 15) is 18.5 Å². The fraction of sp³-hybridized carbons (Fsp3) is 0.200. The lowest BCUT2D eigenvalue weighted by Crippen LogP contribution is -2.12. The molecule has 1 N–H and O–H groups in total. The highest BCUT2D eigenvalue weighted by atomic mass is 32.2. The first-order chi connectivity index (χ1) is 10.9. The normalized spacial score (nSPS) is 11.0. The standard InChI is InChI=1S/C15H16N2O5S/c1-2-11-22-14-7-3-12(4-8-14)16-23(20,21)15-9-5-13(6-10-15)17(18)19/h3-10,16H,2,11H2,1H3. The van der Waals surface area contributed by atoms with Crippen molar-refractivity contribution in [1.82, 2.24) is 0 Å². The summed E-state index contributed by atoms with van der Waals surface area (Å²) < 4.78 is 32.3. The zero-order chi connectivity index (χ0) is 16.9. The second-order valence-corrected chi connectivity index (χ2v) is 6.41. The fourth-order valence-corrected chi connectivity index (χ4v) is 2.86. The lowest BCUT2D eigenvalue weighted by molar-refractivity contribution is -0.384. The molecule has 2 aromatic rings. The quantitative estimate of drug-likeness (QED) is 0.618. The molecule has 0 aliphatic carbocycles. The molecule has 23 heavy (non-hydrogen) atoms. The minimum Gasteiger partial charge on any atom is -0.494 e. The number of benzene rings is 2. The number of nitrogens with one attached hydrogen (secondary N) is 1. The molecule has 0 saturated heterocycles. The number of sulfonamides is 1. The molecule has 0 atom stereocenters. The van der Waals surface area contributed by atoms with E-state index in [1.165, 1.54) is 12.1 Å². The van der Waals surface area contributed by atoms with Crippen LogP contribution in [-0.2, 0) is 10.0 Å². The van der Waals surface area contributed by atoms with Gasteiger partial charge in [0, 0.05) is 17.8 Å². The number of nitro benzene ring substituents is 1. The largest absolute Gasteiger partial charge is 0.494 e. The second-order valence-electron chi connectivity index (χ2n) is 4.73. The van der Waals surface area contributed by atoms with Gasteiger partial charge in [0.15, 0.2) is 0 Å². The Balaban J connectivity index is 2.12. The maximum Gasteiger partial charge on any atom is 0.269 e. The topological polar surface area (TPSA) is 98.5 Å². The third kappa shape index (κ3) is 4.43. The van der Waals surface area contributed by atoms with E-state index < -0.39 is 14.9 Å². The highest BCUT2D eigenvalue weighted by molar-refractivity contribution is 7.92. The number of nitrogens with zero attached hydrogens (tertiary/aromatic N) is 1. The number of nitro groups is 1. The zero-order valence-corrected chi connectivity index (χ0v) is 13.2. The van der Waals surface area contributed by atoms with Crippen LogP contribution in [0.15, 0.2) is 53.4 Å². The number of ether oxygens (including phenoxy) is 1. The van der Waals surface area contributed by atoms with Gasteiger partial charge in [-0.3, -0.25) is 14.8 Å². The molecule has 0 amide bonds. The highest BCUT2D eigenvalue weighted by Gasteiger charge is 2.16. The molecule has 0 heterocycles. The Morgan fingerprint density at radius 3 is 2.22 bits per heavy atom. The molecule has 0 aliphatic heterocycles. The average Bonchev–Trinajstić information content (AvgIpc) is 2.54. The summed E-state index contributed by atoms with van der Waals surface area (Å²) in [4.78, 5) is 9.96. The van der Waals surface area contributed by atoms with E-state index in [2.05, 4.69) is 4.72 Å². The predicted octanol–water partition coefficient (Wildman–Crippen LogP) is 3.18. The van der Waals surface area contributed by atoms with Crippen LogP contribution in [0.2, 0.25) is 0 Å². The van der Waals surface area contributed by atoms with E-state index in [4.69, 9.17) is 4.74 Å². The molecule has 0 aromatic heterocycles. The summed E-state index contributed by atoms with van der Waals surface area (Å²) >= 11 is 0. The molecule has 0 bridgehead atoms. The molecule has 0 spiro atoms. The molecule has 0 radical (unpaired) electrons. The fourth-order valence-electron chi connectivity index (χ4n) is 1.80. The summed E-state index contributed by atoms with van der Waals surface area (Å²) in [6.07, 6.45) is 0.883. The van der Waals surface area contributed by atoms with Gasteiger partial charge in [-0.25, -0.2) is 8.42 Å². The van der Waals surface area contributed by atoms with Gasteiger partial charge in [0.05, 0.1) is 16.4 Å². The first kappa shape index (κ1) is 16.8. The number of rotatable bonds is 7. The van der Waals surface area contributed by atoms with Crippen LogP contribution in [0.1, 0.15) is 13.3 Å². The molecule has 0 fully saturated rings. The summed E-state index contributed by atoms with van der Waals surface area (Å²) in [5.74, 6) is 0.658. The minimum atomic E-state index is -3.80. The Morgan fingerprint density at radius 1 is 1.09 bits per heavy atom. The van der Waals surface area contributed by atoms with Crippen molar-refractivity contribution in [2.45, 2.75) is 18.2 Å². The van der Waals surface area contributed by atoms with Crippen molar-refractivity contribution in [1.29, 1.82) is 0 Å². The highest BCUT2D eigenvalue weighted by Crippen LogP contribution is 2.21. The maximum atomic E-state index is 12.2. The van der Waals surface area contributed by atoms with Crippen LogP contribution in [0.25, 0.3) is 0 Å². The van der Waals surface area contributed by atoms with Gasteiger partial charge in [-0.15, -0.1) is 0 Å². The molecular weight excluding hydrogens is 320 g/mol. The van der Waals surface area contributed by atoms with Crippen molar-refractivity contribution in [2.75, 3.05) is 11.3 Å². The van der Waals surface area contributed by atoms with Gasteiger partial charge in [0.25, 0.3) is 15.7 Å². The van der Waals surface area contributed by atoms with Crippen molar-refractivity contribution in [3.05, 3.63) is 58.6 Å². The van der Waals surface area contributed by atoms with Crippen LogP contribution in [0, 0.1) is 10.1 Å². The van der Waals surface area contributed by atoms with Crippen molar-refractivity contribution >= 4 is 21.4 Å². The first-order valence-electron chi connectivity index (χ1n) is 6.92. The Hall–Kier alpha value is -2.61. The number of non-ortho nitro benzene ring substituents is 1. The van der Waals surface area contributed by atoms with E-state index in [0.717, 1.165) is 18.6 Å². The van der Waals surface area contributed by atoms with Crippen molar-refractivity contribution in [3.63, 3.8) is 0 Å². The summed E-state index contributed by atoms with van der Waals surface area (Å²) in [6.45, 7) is 2.58. The Kier molecular flexibility index (Phi) is 5.17. The summed E-state index contributed by atoms with van der Waals surface area (Å²) in [7, 11) is -3.80. The molecule has 122 valence electrons. The van der Waals surface area contributed by atoms with Gasteiger partial charge in [0.2, 0.25) is 0 Å². The van der Waals surface area contributed by atoms with E-state index >= 15 is 0 Å². The molecule has 7 nitrogen and oxygen atoms in total. The van der Waals surface area contributed by atoms with Crippen LogP contribution in [0.4, 0.5) is 11.4 Å². The summed E-state index contributed by atoms with van der Waals surface area (Å²) in [6, 6.07) is 11.2. The van der Waals surface area contributed by atoms with Gasteiger partial charge in [-0.2, -0.15) is 0 Å². The van der Waals surface area contributed by atoms with Crippen LogP contribution in [0.3, 0.4) is 0 Å². The number of hydrogen-bond donors (Lipinski definition) is 1. The molecule has 2 rings (SSSR count). The summed E-state index contributed by atoms with van der Waals surface area (Å²) in [5, 5.41) is 10.6. The third-order valence-corrected chi connectivity index (χ3v) is 4.33. The smallest absolute Gasteiger partial charge is 0.269 e. The molecule has 2 aromatic carbocycles. The number of hydrogen-bond acceptors (Lipinski definition) is 5. The predicted molar refractivity (Wildman–Crippen MR) is 86.1 cm³/mol. The number of anilines is 1. The Morgan fingerprint density at radius 2 is 1.70 bits per heavy atom. The first-order valence-corrected chi connectivity index (χ1v) is 8.41. The van der Waals surface area contributed by atoms with Crippen molar-refractivity contribution < 1.29 is 18.1 Å². The van der Waals surface area contributed by atoms with Gasteiger partial charge < -0.3 is 4.74 Å². The third-order valence-electron chi connectivity index (χ3n) is 2.94. The van der Waals surface area contributed by atoms with Gasteiger partial charge in [-0.05, 0) is 42.8 Å². The molecule has 0 unspecified atom stereocenters. The van der Waals surface area contributed by atoms with Crippen LogP contribution < -0.4 is 9.46 Å². The molecule has 8 heteroatoms. The van der Waals surface area contributed by atoms with Crippen molar-refractivity contribution in [2.24, 2.45) is 0 Å². The van der Waals surface area contributed by atoms with Gasteiger partial charge in [-0.1, -0.05) is 6.92 Å². The minimum absolute atomic E-state index is 0.0468. The molecule has 0 aliphatic rings. The molecule has 0 saturated carbocycles. The van der Waals surface area contributed by atoms with Gasteiger partial charge >= 0.3 is 0 Å². The molecular formula is C15H16N2O5S. The lowest BCUT2D eigenvalue weighted by atomic mass is 10.3. The zero-order valence-electron chi connectivity index (χ0n) is 12.4. The Labute approximate surface area is 134 Å². The van der Waals surface area contributed by atoms with Gasteiger partial charge in [0.1, 0.15) is 5.75 Å². The lowest BCUT2D eigenvalue weighted by Gasteiger charge is -2.09. The van der Waals surface area contributed by atoms with E-state index in [1.807, 2.05) is 6.92 Å². The maximum absolute atomic E-state index is 12.2. The van der Waals surface area contributed by atoms with Crippen molar-refractivity contribution in [3.8, 4) is 5.75 Å². The van der Waals surface area contributed by atoms with Crippen LogP contribution in [0.5, 0.6) is 5.75 Å². The van der Waals surface area contributed by atoms with E-state index in [1.54, 1.807) is 24.3 Å².